The van der Waals surface area contributed by atoms with Crippen LogP contribution < -0.4 is 20.1 Å². The van der Waals surface area contributed by atoms with Crippen molar-refractivity contribution in [1.29, 1.82) is 0 Å². The lowest BCUT2D eigenvalue weighted by atomic mass is 10.1. The van der Waals surface area contributed by atoms with Gasteiger partial charge in [-0.25, -0.2) is 4.39 Å². The number of methoxy groups -OCH3 is 2. The minimum Gasteiger partial charge on any atom is -0.493 e. The lowest BCUT2D eigenvalue weighted by molar-refractivity contribution is 0.0955. The van der Waals surface area contributed by atoms with Crippen molar-refractivity contribution in [2.75, 3.05) is 26.1 Å². The van der Waals surface area contributed by atoms with Gasteiger partial charge in [0.05, 0.1) is 31.0 Å². The summed E-state index contributed by atoms with van der Waals surface area (Å²) in [4.78, 5) is 25.1. The first kappa shape index (κ1) is 21.8. The molecule has 0 heterocycles. The molecule has 0 aromatic heterocycles. The van der Waals surface area contributed by atoms with Crippen molar-refractivity contribution < 1.29 is 23.5 Å². The average Bonchev–Trinajstić information content (AvgIpc) is 2.79. The van der Waals surface area contributed by atoms with E-state index in [2.05, 4.69) is 10.6 Å². The van der Waals surface area contributed by atoms with Crippen LogP contribution in [0, 0.1) is 5.82 Å². The molecule has 0 unspecified atom stereocenters. The standard InChI is InChI=1S/C24H23FN2O4/c1-30-21-12-11-16(15-22(21)31-2)13-14-26-23(28)18-8-4-6-10-20(18)27-24(29)17-7-3-5-9-19(17)25/h3-12,15H,13-14H2,1-2H3,(H,26,28)(H,27,29). The molecule has 6 nitrogen and oxygen atoms in total. The fourth-order valence-corrected chi connectivity index (χ4v) is 3.08. The summed E-state index contributed by atoms with van der Waals surface area (Å²) in [6.45, 7) is 0.379. The van der Waals surface area contributed by atoms with E-state index < -0.39 is 11.7 Å². The van der Waals surface area contributed by atoms with E-state index in [0.717, 1.165) is 5.56 Å². The van der Waals surface area contributed by atoms with Crippen LogP contribution in [0.15, 0.2) is 66.7 Å². The Morgan fingerprint density at radius 3 is 2.23 bits per heavy atom. The maximum atomic E-state index is 13.9. The second kappa shape index (κ2) is 10.2. The second-order valence-electron chi connectivity index (χ2n) is 6.67. The van der Waals surface area contributed by atoms with Gasteiger partial charge in [0.15, 0.2) is 11.5 Å². The maximum Gasteiger partial charge on any atom is 0.258 e. The zero-order valence-electron chi connectivity index (χ0n) is 17.3. The van der Waals surface area contributed by atoms with E-state index >= 15 is 0 Å². The first-order chi connectivity index (χ1) is 15.0. The summed E-state index contributed by atoms with van der Waals surface area (Å²) in [6.07, 6.45) is 0.579. The van der Waals surface area contributed by atoms with Crippen LogP contribution in [0.3, 0.4) is 0 Å². The Labute approximate surface area is 180 Å². The highest BCUT2D eigenvalue weighted by molar-refractivity contribution is 6.09. The molecule has 7 heteroatoms. The zero-order valence-corrected chi connectivity index (χ0v) is 17.3. The van der Waals surface area contributed by atoms with Crippen molar-refractivity contribution in [1.82, 2.24) is 5.32 Å². The Kier molecular flexibility index (Phi) is 7.22. The number of halogens is 1. The zero-order chi connectivity index (χ0) is 22.2. The number of amides is 2. The average molecular weight is 422 g/mol. The van der Waals surface area contributed by atoms with E-state index in [1.54, 1.807) is 44.6 Å². The maximum absolute atomic E-state index is 13.9. The quantitative estimate of drug-likeness (QED) is 0.574. The summed E-state index contributed by atoms with van der Waals surface area (Å²) < 4.78 is 24.4. The van der Waals surface area contributed by atoms with Gasteiger partial charge in [-0.1, -0.05) is 30.3 Å². The van der Waals surface area contributed by atoms with Gasteiger partial charge in [0, 0.05) is 6.54 Å². The van der Waals surface area contributed by atoms with E-state index in [0.29, 0.717) is 35.7 Å². The minimum absolute atomic E-state index is 0.0915. The molecule has 0 saturated heterocycles. The highest BCUT2D eigenvalue weighted by Gasteiger charge is 2.16. The molecular weight excluding hydrogens is 399 g/mol. The number of hydrogen-bond donors (Lipinski definition) is 2. The van der Waals surface area contributed by atoms with Gasteiger partial charge in [0.25, 0.3) is 11.8 Å². The molecule has 3 aromatic carbocycles. The van der Waals surface area contributed by atoms with E-state index in [-0.39, 0.29) is 11.5 Å². The number of carbonyl (C=O) groups excluding carboxylic acids is 2. The Morgan fingerprint density at radius 1 is 0.839 bits per heavy atom. The molecule has 0 bridgehead atoms. The van der Waals surface area contributed by atoms with Crippen LogP contribution in [-0.4, -0.2) is 32.6 Å². The fourth-order valence-electron chi connectivity index (χ4n) is 3.08. The molecule has 0 saturated carbocycles. The van der Waals surface area contributed by atoms with E-state index in [1.807, 2.05) is 18.2 Å². The summed E-state index contributed by atoms with van der Waals surface area (Å²) in [7, 11) is 3.14. The van der Waals surface area contributed by atoms with Crippen LogP contribution in [0.1, 0.15) is 26.3 Å². The van der Waals surface area contributed by atoms with Crippen molar-refractivity contribution in [2.24, 2.45) is 0 Å². The molecule has 3 aromatic rings. The molecule has 31 heavy (non-hydrogen) atoms. The van der Waals surface area contributed by atoms with Gasteiger partial charge in [0.1, 0.15) is 5.82 Å². The third-order valence-corrected chi connectivity index (χ3v) is 4.69. The summed E-state index contributed by atoms with van der Waals surface area (Å²) >= 11 is 0. The number of carbonyl (C=O) groups is 2. The molecule has 0 aliphatic heterocycles. The molecule has 160 valence electrons. The molecule has 0 atom stereocenters. The van der Waals surface area contributed by atoms with Crippen LogP contribution in [0.4, 0.5) is 10.1 Å². The molecule has 0 aliphatic rings. The Bertz CT molecular complexity index is 1080. The summed E-state index contributed by atoms with van der Waals surface area (Å²) in [5.41, 5.74) is 1.48. The number of rotatable bonds is 8. The first-order valence-electron chi connectivity index (χ1n) is 9.67. The Hall–Kier alpha value is -3.87. The summed E-state index contributed by atoms with van der Waals surface area (Å²) in [5.74, 6) is -0.340. The Morgan fingerprint density at radius 2 is 1.52 bits per heavy atom. The van der Waals surface area contributed by atoms with Crippen LogP contribution in [0.2, 0.25) is 0 Å². The van der Waals surface area contributed by atoms with Gasteiger partial charge in [-0.2, -0.15) is 0 Å². The Balaban J connectivity index is 1.65. The molecular formula is C24H23FN2O4. The van der Waals surface area contributed by atoms with Gasteiger partial charge in [-0.05, 0) is 48.4 Å². The number of nitrogens with one attached hydrogen (secondary N) is 2. The summed E-state index contributed by atoms with van der Waals surface area (Å²) in [5, 5.41) is 5.46. The van der Waals surface area contributed by atoms with Crippen molar-refractivity contribution in [2.45, 2.75) is 6.42 Å². The number of para-hydroxylation sites is 1. The number of anilines is 1. The topological polar surface area (TPSA) is 76.7 Å². The van der Waals surface area contributed by atoms with E-state index in [1.165, 1.54) is 18.2 Å². The van der Waals surface area contributed by atoms with E-state index in [9.17, 15) is 14.0 Å². The fraction of sp³-hybridized carbons (Fsp3) is 0.167. The molecule has 0 fully saturated rings. The largest absolute Gasteiger partial charge is 0.493 e. The van der Waals surface area contributed by atoms with Crippen LogP contribution in [-0.2, 0) is 6.42 Å². The predicted molar refractivity (Wildman–Crippen MR) is 116 cm³/mol. The SMILES string of the molecule is COc1ccc(CCNC(=O)c2ccccc2NC(=O)c2ccccc2F)cc1OC. The summed E-state index contributed by atoms with van der Waals surface area (Å²) in [6, 6.07) is 17.8. The lowest BCUT2D eigenvalue weighted by Gasteiger charge is -2.12. The van der Waals surface area contributed by atoms with Crippen LogP contribution >= 0.6 is 0 Å². The number of hydrogen-bond acceptors (Lipinski definition) is 4. The van der Waals surface area contributed by atoms with Crippen LogP contribution in [0.5, 0.6) is 11.5 Å². The normalized spacial score (nSPS) is 10.3. The molecule has 0 aliphatic carbocycles. The van der Waals surface area contributed by atoms with Crippen molar-refractivity contribution in [3.05, 3.63) is 89.2 Å². The van der Waals surface area contributed by atoms with Gasteiger partial charge in [-0.3, -0.25) is 9.59 Å². The van der Waals surface area contributed by atoms with Crippen molar-refractivity contribution in [3.63, 3.8) is 0 Å². The third-order valence-electron chi connectivity index (χ3n) is 4.69. The minimum atomic E-state index is -0.628. The number of ether oxygens (including phenoxy) is 2. The molecule has 0 radical (unpaired) electrons. The highest BCUT2D eigenvalue weighted by Crippen LogP contribution is 2.27. The molecule has 2 N–H and O–H groups in total. The van der Waals surface area contributed by atoms with Gasteiger partial charge >= 0.3 is 0 Å². The van der Waals surface area contributed by atoms with Gasteiger partial charge < -0.3 is 20.1 Å². The van der Waals surface area contributed by atoms with Crippen LogP contribution in [0.25, 0.3) is 0 Å². The number of benzene rings is 3. The van der Waals surface area contributed by atoms with Gasteiger partial charge in [0.2, 0.25) is 0 Å². The third kappa shape index (κ3) is 5.39. The highest BCUT2D eigenvalue weighted by atomic mass is 19.1. The lowest BCUT2D eigenvalue weighted by Crippen LogP contribution is -2.27. The monoisotopic (exact) mass is 422 g/mol. The van der Waals surface area contributed by atoms with E-state index in [4.69, 9.17) is 9.47 Å². The molecule has 2 amide bonds. The first-order valence-corrected chi connectivity index (χ1v) is 9.67. The molecule has 0 spiro atoms. The second-order valence-corrected chi connectivity index (χ2v) is 6.67. The smallest absolute Gasteiger partial charge is 0.258 e. The predicted octanol–water partition coefficient (Wildman–Crippen LogP) is 4.07. The van der Waals surface area contributed by atoms with Crippen molar-refractivity contribution in [3.8, 4) is 11.5 Å². The van der Waals surface area contributed by atoms with Crippen molar-refractivity contribution >= 4 is 17.5 Å². The molecule has 3 rings (SSSR count). The van der Waals surface area contributed by atoms with Gasteiger partial charge in [-0.15, -0.1) is 0 Å².